The van der Waals surface area contributed by atoms with Gasteiger partial charge in [0.2, 0.25) is 5.91 Å². The van der Waals surface area contributed by atoms with Crippen molar-refractivity contribution in [2.75, 3.05) is 37.6 Å². The van der Waals surface area contributed by atoms with E-state index < -0.39 is 0 Å². The van der Waals surface area contributed by atoms with Crippen LogP contribution in [-0.2, 0) is 17.9 Å². The summed E-state index contributed by atoms with van der Waals surface area (Å²) in [6.07, 6.45) is 3.80. The molecule has 1 saturated heterocycles. The van der Waals surface area contributed by atoms with E-state index in [2.05, 4.69) is 46.3 Å². The van der Waals surface area contributed by atoms with Crippen LogP contribution in [0.4, 0.5) is 5.69 Å². The predicted molar refractivity (Wildman–Crippen MR) is 140 cm³/mol. The number of hydrogen-bond acceptors (Lipinski definition) is 5. The van der Waals surface area contributed by atoms with Gasteiger partial charge in [-0.05, 0) is 67.3 Å². The van der Waals surface area contributed by atoms with E-state index in [1.807, 2.05) is 41.3 Å². The standard InChI is InChI=1S/C29H34N4O3/c1-22-4-2-5-26(18-22)32-13-15-33(16-14-32)28(34)21-31(20-27-6-3-17-36-27)19-23-7-9-24(10-8-23)29(35)30-25-11-12-25/h2-10,17-18,25H,11-16,19-21H2,1H3,(H,30,35). The van der Waals surface area contributed by atoms with Crippen molar-refractivity contribution in [1.29, 1.82) is 0 Å². The van der Waals surface area contributed by atoms with Crippen LogP contribution in [0.25, 0.3) is 0 Å². The molecule has 1 saturated carbocycles. The second-order valence-corrected chi connectivity index (χ2v) is 9.88. The van der Waals surface area contributed by atoms with Gasteiger partial charge >= 0.3 is 0 Å². The maximum absolute atomic E-state index is 13.3. The highest BCUT2D eigenvalue weighted by atomic mass is 16.3. The molecule has 3 aromatic rings. The van der Waals surface area contributed by atoms with E-state index in [9.17, 15) is 9.59 Å². The summed E-state index contributed by atoms with van der Waals surface area (Å²) in [4.78, 5) is 32.0. The van der Waals surface area contributed by atoms with Gasteiger partial charge in [0.05, 0.1) is 19.4 Å². The SMILES string of the molecule is Cc1cccc(N2CCN(C(=O)CN(Cc3ccc(C(=O)NC4CC4)cc3)Cc3ccco3)CC2)c1. The maximum atomic E-state index is 13.3. The van der Waals surface area contributed by atoms with Crippen molar-refractivity contribution in [1.82, 2.24) is 15.1 Å². The quantitative estimate of drug-likeness (QED) is 0.498. The molecule has 0 unspecified atom stereocenters. The van der Waals surface area contributed by atoms with Gasteiger partial charge in [-0.2, -0.15) is 0 Å². The fraction of sp³-hybridized carbons (Fsp3) is 0.379. The molecule has 7 heteroatoms. The lowest BCUT2D eigenvalue weighted by Crippen LogP contribution is -2.51. The number of amides is 2. The van der Waals surface area contributed by atoms with Gasteiger partial charge < -0.3 is 19.5 Å². The van der Waals surface area contributed by atoms with E-state index in [4.69, 9.17) is 4.42 Å². The van der Waals surface area contributed by atoms with Crippen molar-refractivity contribution in [2.45, 2.75) is 38.9 Å². The van der Waals surface area contributed by atoms with Crippen LogP contribution in [-0.4, -0.2) is 60.4 Å². The zero-order valence-electron chi connectivity index (χ0n) is 20.9. The van der Waals surface area contributed by atoms with Gasteiger partial charge in [0.1, 0.15) is 5.76 Å². The number of piperazine rings is 1. The summed E-state index contributed by atoms with van der Waals surface area (Å²) in [5.74, 6) is 0.940. The van der Waals surface area contributed by atoms with Crippen LogP contribution < -0.4 is 10.2 Å². The number of nitrogens with zero attached hydrogens (tertiary/aromatic N) is 3. The molecule has 36 heavy (non-hydrogen) atoms. The number of hydrogen-bond donors (Lipinski definition) is 1. The van der Waals surface area contributed by atoms with Gasteiger partial charge in [-0.1, -0.05) is 24.3 Å². The highest BCUT2D eigenvalue weighted by molar-refractivity contribution is 5.94. The Hall–Kier alpha value is -3.58. The van der Waals surface area contributed by atoms with Gasteiger partial charge in [0.15, 0.2) is 0 Å². The molecule has 0 bridgehead atoms. The van der Waals surface area contributed by atoms with Crippen molar-refractivity contribution < 1.29 is 14.0 Å². The van der Waals surface area contributed by atoms with Crippen LogP contribution >= 0.6 is 0 Å². The van der Waals surface area contributed by atoms with Crippen LogP contribution in [0.5, 0.6) is 0 Å². The van der Waals surface area contributed by atoms with E-state index in [1.165, 1.54) is 11.3 Å². The fourth-order valence-electron chi connectivity index (χ4n) is 4.64. The molecule has 2 aliphatic rings. The average molecular weight is 487 g/mol. The van der Waals surface area contributed by atoms with E-state index in [0.717, 1.165) is 37.3 Å². The topological polar surface area (TPSA) is 69.0 Å². The number of furan rings is 1. The lowest BCUT2D eigenvalue weighted by Gasteiger charge is -2.37. The minimum atomic E-state index is -0.0172. The van der Waals surface area contributed by atoms with Crippen LogP contribution in [0.3, 0.4) is 0 Å². The molecule has 2 aromatic carbocycles. The third-order valence-corrected chi connectivity index (χ3v) is 6.85. The number of carbonyl (C=O) groups excluding carboxylic acids is 2. The molecule has 188 valence electrons. The Bertz CT molecular complexity index is 1160. The number of carbonyl (C=O) groups is 2. The van der Waals surface area contributed by atoms with Crippen molar-refractivity contribution in [3.05, 3.63) is 89.4 Å². The van der Waals surface area contributed by atoms with Crippen LogP contribution in [0, 0.1) is 6.92 Å². The zero-order valence-corrected chi connectivity index (χ0v) is 20.9. The van der Waals surface area contributed by atoms with E-state index in [0.29, 0.717) is 44.3 Å². The van der Waals surface area contributed by atoms with Crippen molar-refractivity contribution in [3.8, 4) is 0 Å². The number of anilines is 1. The Balaban J connectivity index is 1.19. The summed E-state index contributed by atoms with van der Waals surface area (Å²) in [5, 5.41) is 3.02. The molecule has 1 aliphatic carbocycles. The number of rotatable bonds is 9. The molecule has 0 spiro atoms. The first kappa shape index (κ1) is 24.1. The van der Waals surface area contributed by atoms with Crippen LogP contribution in [0.15, 0.2) is 71.3 Å². The Morgan fingerprint density at radius 1 is 0.972 bits per heavy atom. The van der Waals surface area contributed by atoms with Crippen molar-refractivity contribution >= 4 is 17.5 Å². The predicted octanol–water partition coefficient (Wildman–Crippen LogP) is 3.83. The molecule has 5 rings (SSSR count). The largest absolute Gasteiger partial charge is 0.468 e. The van der Waals surface area contributed by atoms with Crippen molar-refractivity contribution in [3.63, 3.8) is 0 Å². The highest BCUT2D eigenvalue weighted by Gasteiger charge is 2.25. The summed E-state index contributed by atoms with van der Waals surface area (Å²) >= 11 is 0. The highest BCUT2D eigenvalue weighted by Crippen LogP contribution is 2.20. The third-order valence-electron chi connectivity index (χ3n) is 6.85. The summed E-state index contributed by atoms with van der Waals surface area (Å²) < 4.78 is 5.57. The molecule has 1 aliphatic heterocycles. The molecular formula is C29H34N4O3. The number of benzene rings is 2. The molecular weight excluding hydrogens is 452 g/mol. The molecule has 1 aromatic heterocycles. The molecule has 0 atom stereocenters. The average Bonchev–Trinajstić information content (AvgIpc) is 3.56. The Kier molecular flexibility index (Phi) is 7.37. The molecule has 2 heterocycles. The zero-order chi connectivity index (χ0) is 24.9. The molecule has 1 N–H and O–H groups in total. The summed E-state index contributed by atoms with van der Waals surface area (Å²) in [6, 6.07) is 20.3. The minimum Gasteiger partial charge on any atom is -0.468 e. The smallest absolute Gasteiger partial charge is 0.251 e. The van der Waals surface area contributed by atoms with E-state index >= 15 is 0 Å². The van der Waals surface area contributed by atoms with Gasteiger partial charge in [0, 0.05) is 50.0 Å². The minimum absolute atomic E-state index is 0.0172. The molecule has 2 amide bonds. The number of nitrogens with one attached hydrogen (secondary N) is 1. The van der Waals surface area contributed by atoms with Crippen LogP contribution in [0.1, 0.15) is 40.1 Å². The Morgan fingerprint density at radius 3 is 2.42 bits per heavy atom. The summed E-state index contributed by atoms with van der Waals surface area (Å²) in [6.45, 7) is 6.66. The van der Waals surface area contributed by atoms with E-state index in [-0.39, 0.29) is 11.8 Å². The Morgan fingerprint density at radius 2 is 1.75 bits per heavy atom. The summed E-state index contributed by atoms with van der Waals surface area (Å²) in [5.41, 5.74) is 4.19. The monoisotopic (exact) mass is 486 g/mol. The fourth-order valence-corrected chi connectivity index (χ4v) is 4.64. The normalized spacial score (nSPS) is 15.8. The third kappa shape index (κ3) is 6.34. The molecule has 7 nitrogen and oxygen atoms in total. The second-order valence-electron chi connectivity index (χ2n) is 9.88. The van der Waals surface area contributed by atoms with Gasteiger partial charge in [-0.15, -0.1) is 0 Å². The first-order valence-corrected chi connectivity index (χ1v) is 12.8. The Labute approximate surface area is 212 Å². The second kappa shape index (κ2) is 11.0. The summed E-state index contributed by atoms with van der Waals surface area (Å²) in [7, 11) is 0. The first-order chi connectivity index (χ1) is 17.5. The van der Waals surface area contributed by atoms with Gasteiger partial charge in [-0.3, -0.25) is 14.5 Å². The lowest BCUT2D eigenvalue weighted by molar-refractivity contribution is -0.133. The molecule has 2 fully saturated rings. The first-order valence-electron chi connectivity index (χ1n) is 12.8. The van der Waals surface area contributed by atoms with E-state index in [1.54, 1.807) is 6.26 Å². The van der Waals surface area contributed by atoms with Crippen LogP contribution in [0.2, 0.25) is 0 Å². The number of aryl methyl sites for hydroxylation is 1. The molecule has 0 radical (unpaired) electrons. The van der Waals surface area contributed by atoms with Crippen molar-refractivity contribution in [2.24, 2.45) is 0 Å². The maximum Gasteiger partial charge on any atom is 0.251 e. The van der Waals surface area contributed by atoms with Gasteiger partial charge in [0.25, 0.3) is 5.91 Å². The lowest BCUT2D eigenvalue weighted by atomic mass is 10.1. The van der Waals surface area contributed by atoms with Gasteiger partial charge in [-0.25, -0.2) is 0 Å².